The van der Waals surface area contributed by atoms with Crippen LogP contribution in [0.15, 0.2) is 12.2 Å². The summed E-state index contributed by atoms with van der Waals surface area (Å²) in [4.78, 5) is 21.2. The number of hydrogen-bond donors (Lipinski definition) is 2. The predicted molar refractivity (Wildman–Crippen MR) is 57.6 cm³/mol. The lowest BCUT2D eigenvalue weighted by Gasteiger charge is -2.26. The Morgan fingerprint density at radius 1 is 1.13 bits per heavy atom. The van der Waals surface area contributed by atoms with Crippen molar-refractivity contribution in [2.75, 3.05) is 13.1 Å². The SMILES string of the molecule is Cl.O=C(O)C=CC(=O)NN1CCCCC1. The van der Waals surface area contributed by atoms with E-state index in [0.29, 0.717) is 0 Å². The maximum atomic E-state index is 11.1. The summed E-state index contributed by atoms with van der Waals surface area (Å²) in [5, 5.41) is 10.1. The van der Waals surface area contributed by atoms with Crippen molar-refractivity contribution in [2.45, 2.75) is 19.3 Å². The molecule has 86 valence electrons. The Hall–Kier alpha value is -1.07. The Morgan fingerprint density at radius 2 is 1.73 bits per heavy atom. The molecule has 0 saturated carbocycles. The van der Waals surface area contributed by atoms with Gasteiger partial charge in [0.05, 0.1) is 0 Å². The molecule has 0 aromatic rings. The number of halogens is 1. The Kier molecular flexibility index (Phi) is 6.73. The fourth-order valence-corrected chi connectivity index (χ4v) is 1.35. The molecule has 1 heterocycles. The second kappa shape index (κ2) is 7.25. The van der Waals surface area contributed by atoms with Crippen molar-refractivity contribution in [3.63, 3.8) is 0 Å². The highest BCUT2D eigenvalue weighted by Gasteiger charge is 2.10. The number of carboxylic acids is 1. The van der Waals surface area contributed by atoms with Gasteiger partial charge in [-0.05, 0) is 12.8 Å². The lowest BCUT2D eigenvalue weighted by molar-refractivity contribution is -0.132. The molecule has 1 aliphatic heterocycles. The first-order chi connectivity index (χ1) is 6.68. The number of amides is 1. The number of hydrazine groups is 1. The normalized spacial score (nSPS) is 17.1. The molecule has 6 heteroatoms. The van der Waals surface area contributed by atoms with Gasteiger partial charge in [-0.15, -0.1) is 12.4 Å². The van der Waals surface area contributed by atoms with Crippen molar-refractivity contribution >= 4 is 24.3 Å². The van der Waals surface area contributed by atoms with Crippen LogP contribution in [0.5, 0.6) is 0 Å². The molecule has 15 heavy (non-hydrogen) atoms. The molecule has 0 bridgehead atoms. The van der Waals surface area contributed by atoms with Gasteiger partial charge < -0.3 is 5.11 Å². The molecule has 0 aromatic carbocycles. The molecule has 5 nitrogen and oxygen atoms in total. The van der Waals surface area contributed by atoms with Crippen molar-refractivity contribution in [3.05, 3.63) is 12.2 Å². The maximum absolute atomic E-state index is 11.1. The third-order valence-corrected chi connectivity index (χ3v) is 2.00. The van der Waals surface area contributed by atoms with E-state index in [0.717, 1.165) is 38.1 Å². The first kappa shape index (κ1) is 13.9. The first-order valence-corrected chi connectivity index (χ1v) is 4.65. The number of carbonyl (C=O) groups is 2. The topological polar surface area (TPSA) is 69.6 Å². The highest BCUT2D eigenvalue weighted by Crippen LogP contribution is 2.05. The molecule has 0 spiro atoms. The number of carboxylic acid groups (broad SMARTS) is 1. The molecular formula is C9H15ClN2O3. The van der Waals surface area contributed by atoms with Gasteiger partial charge >= 0.3 is 5.97 Å². The van der Waals surface area contributed by atoms with Gasteiger partial charge in [-0.1, -0.05) is 6.42 Å². The molecule has 1 fully saturated rings. The quantitative estimate of drug-likeness (QED) is 0.701. The van der Waals surface area contributed by atoms with Crippen LogP contribution in [0.4, 0.5) is 0 Å². The molecule has 0 aromatic heterocycles. The zero-order chi connectivity index (χ0) is 10.4. The molecule has 1 aliphatic rings. The minimum absolute atomic E-state index is 0. The van der Waals surface area contributed by atoms with E-state index in [1.165, 1.54) is 6.42 Å². The van der Waals surface area contributed by atoms with Crippen LogP contribution in [0.1, 0.15) is 19.3 Å². The standard InChI is InChI=1S/C9H14N2O3.ClH/c12-8(4-5-9(13)14)10-11-6-2-1-3-7-11;/h4-5H,1-3,6-7H2,(H,10,12)(H,13,14);1H. The van der Waals surface area contributed by atoms with Crippen LogP contribution in [0.3, 0.4) is 0 Å². The molecule has 0 aliphatic carbocycles. The second-order valence-corrected chi connectivity index (χ2v) is 3.20. The summed E-state index contributed by atoms with van der Waals surface area (Å²) >= 11 is 0. The van der Waals surface area contributed by atoms with E-state index in [9.17, 15) is 9.59 Å². The van der Waals surface area contributed by atoms with Crippen LogP contribution in [-0.2, 0) is 9.59 Å². The number of nitrogens with zero attached hydrogens (tertiary/aromatic N) is 1. The van der Waals surface area contributed by atoms with Crippen LogP contribution < -0.4 is 5.43 Å². The van der Waals surface area contributed by atoms with Gasteiger partial charge in [0.1, 0.15) is 0 Å². The lowest BCUT2D eigenvalue weighted by atomic mass is 10.2. The molecule has 0 unspecified atom stereocenters. The van der Waals surface area contributed by atoms with Crippen LogP contribution in [0.25, 0.3) is 0 Å². The lowest BCUT2D eigenvalue weighted by Crippen LogP contribution is -2.44. The highest BCUT2D eigenvalue weighted by molar-refractivity contribution is 5.93. The minimum atomic E-state index is -1.11. The smallest absolute Gasteiger partial charge is 0.328 e. The second-order valence-electron chi connectivity index (χ2n) is 3.20. The summed E-state index contributed by atoms with van der Waals surface area (Å²) in [5.74, 6) is -1.49. The van der Waals surface area contributed by atoms with Gasteiger partial charge in [0.15, 0.2) is 0 Å². The van der Waals surface area contributed by atoms with E-state index in [1.807, 2.05) is 5.01 Å². The van der Waals surface area contributed by atoms with Crippen molar-refractivity contribution in [3.8, 4) is 0 Å². The molecule has 0 atom stereocenters. The molecule has 2 N–H and O–H groups in total. The zero-order valence-electron chi connectivity index (χ0n) is 8.31. The summed E-state index contributed by atoms with van der Waals surface area (Å²) in [6, 6.07) is 0. The molecular weight excluding hydrogens is 220 g/mol. The van der Waals surface area contributed by atoms with E-state index in [-0.39, 0.29) is 18.3 Å². The van der Waals surface area contributed by atoms with Crippen LogP contribution in [0, 0.1) is 0 Å². The van der Waals surface area contributed by atoms with Crippen LogP contribution in [-0.4, -0.2) is 35.1 Å². The number of rotatable bonds is 3. The van der Waals surface area contributed by atoms with Crippen molar-refractivity contribution in [1.82, 2.24) is 10.4 Å². The summed E-state index contributed by atoms with van der Waals surface area (Å²) in [5.41, 5.74) is 2.62. The first-order valence-electron chi connectivity index (χ1n) is 4.65. The molecule has 1 amide bonds. The van der Waals surface area contributed by atoms with Gasteiger partial charge in [-0.3, -0.25) is 10.2 Å². The summed E-state index contributed by atoms with van der Waals surface area (Å²) in [6.45, 7) is 1.68. The summed E-state index contributed by atoms with van der Waals surface area (Å²) in [6.07, 6.45) is 5.19. The highest BCUT2D eigenvalue weighted by atomic mass is 35.5. The number of nitrogens with one attached hydrogen (secondary N) is 1. The number of carbonyl (C=O) groups excluding carboxylic acids is 1. The average molecular weight is 235 g/mol. The Morgan fingerprint density at radius 3 is 2.27 bits per heavy atom. The van der Waals surface area contributed by atoms with Crippen LogP contribution >= 0.6 is 12.4 Å². The van der Waals surface area contributed by atoms with E-state index in [2.05, 4.69) is 5.43 Å². The van der Waals surface area contributed by atoms with Gasteiger partial charge in [-0.2, -0.15) is 0 Å². The van der Waals surface area contributed by atoms with Crippen molar-refractivity contribution in [1.29, 1.82) is 0 Å². The van der Waals surface area contributed by atoms with E-state index in [1.54, 1.807) is 0 Å². The Bertz CT molecular complexity index is 250. The van der Waals surface area contributed by atoms with Crippen molar-refractivity contribution in [2.24, 2.45) is 0 Å². The number of aliphatic carboxylic acids is 1. The van der Waals surface area contributed by atoms with E-state index in [4.69, 9.17) is 5.11 Å². The number of piperidine rings is 1. The molecule has 0 radical (unpaired) electrons. The third-order valence-electron chi connectivity index (χ3n) is 2.00. The van der Waals surface area contributed by atoms with Gasteiger partial charge in [0.25, 0.3) is 5.91 Å². The Balaban J connectivity index is 0.00000196. The van der Waals surface area contributed by atoms with Gasteiger partial charge in [0, 0.05) is 25.2 Å². The van der Waals surface area contributed by atoms with Gasteiger partial charge in [-0.25, -0.2) is 9.80 Å². The van der Waals surface area contributed by atoms with Crippen LogP contribution in [0.2, 0.25) is 0 Å². The molecule has 1 rings (SSSR count). The monoisotopic (exact) mass is 234 g/mol. The summed E-state index contributed by atoms with van der Waals surface area (Å²) in [7, 11) is 0. The zero-order valence-corrected chi connectivity index (χ0v) is 9.13. The predicted octanol–water partition coefficient (Wildman–Crippen LogP) is 0.566. The minimum Gasteiger partial charge on any atom is -0.478 e. The maximum Gasteiger partial charge on any atom is 0.328 e. The summed E-state index contributed by atoms with van der Waals surface area (Å²) < 4.78 is 0. The average Bonchev–Trinajstić information content (AvgIpc) is 2.16. The van der Waals surface area contributed by atoms with E-state index < -0.39 is 5.97 Å². The molecule has 1 saturated heterocycles. The van der Waals surface area contributed by atoms with E-state index >= 15 is 0 Å². The fourth-order valence-electron chi connectivity index (χ4n) is 1.35. The third kappa shape index (κ3) is 6.09. The largest absolute Gasteiger partial charge is 0.478 e. The fraction of sp³-hybridized carbons (Fsp3) is 0.556. The van der Waals surface area contributed by atoms with Crippen molar-refractivity contribution < 1.29 is 14.7 Å². The van der Waals surface area contributed by atoms with Gasteiger partial charge in [0.2, 0.25) is 0 Å². The number of hydrogen-bond acceptors (Lipinski definition) is 3. The Labute approximate surface area is 94.5 Å².